The highest BCUT2D eigenvalue weighted by Crippen LogP contribution is 2.38. The Morgan fingerprint density at radius 3 is 2.65 bits per heavy atom. The van der Waals surface area contributed by atoms with E-state index in [4.69, 9.17) is 4.74 Å². The third-order valence-electron chi connectivity index (χ3n) is 6.30. The lowest BCUT2D eigenvalue weighted by atomic mass is 10.0. The third-order valence-corrected chi connectivity index (χ3v) is 6.30. The van der Waals surface area contributed by atoms with Crippen molar-refractivity contribution in [1.29, 1.82) is 0 Å². The third kappa shape index (κ3) is 4.47. The standard InChI is InChI=1S/C26H26F2N4O2/c1-32-11-8-19-21(15-31-25(19)26(32)33)20-12-16(14-30-18-6-9-29-10-7-18)2-4-23(20)34-24-5-3-17(27)13-22(24)28/h2-5,8,11-13,15,18,29-31H,6-7,9-10,14H2,1H3. The quantitative estimate of drug-likeness (QED) is 0.395. The van der Waals surface area contributed by atoms with Gasteiger partial charge in [0.05, 0.1) is 0 Å². The lowest BCUT2D eigenvalue weighted by Gasteiger charge is -2.24. The van der Waals surface area contributed by atoms with Gasteiger partial charge in [-0.1, -0.05) is 6.07 Å². The van der Waals surface area contributed by atoms with Gasteiger partial charge in [0.15, 0.2) is 11.6 Å². The van der Waals surface area contributed by atoms with Gasteiger partial charge in [0.2, 0.25) is 0 Å². The zero-order valence-corrected chi connectivity index (χ0v) is 18.8. The van der Waals surface area contributed by atoms with E-state index in [-0.39, 0.29) is 11.3 Å². The molecule has 0 unspecified atom stereocenters. The highest BCUT2D eigenvalue weighted by Gasteiger charge is 2.18. The van der Waals surface area contributed by atoms with Crippen LogP contribution >= 0.6 is 0 Å². The monoisotopic (exact) mass is 464 g/mol. The molecule has 3 N–H and O–H groups in total. The van der Waals surface area contributed by atoms with Crippen molar-refractivity contribution in [3.8, 4) is 22.6 Å². The summed E-state index contributed by atoms with van der Waals surface area (Å²) in [6, 6.07) is 11.2. The van der Waals surface area contributed by atoms with Crippen molar-refractivity contribution < 1.29 is 13.5 Å². The Labute approximate surface area is 195 Å². The fourth-order valence-electron chi connectivity index (χ4n) is 4.39. The zero-order chi connectivity index (χ0) is 23.7. The molecule has 4 aromatic rings. The number of benzene rings is 2. The summed E-state index contributed by atoms with van der Waals surface area (Å²) in [7, 11) is 1.70. The van der Waals surface area contributed by atoms with E-state index >= 15 is 0 Å². The van der Waals surface area contributed by atoms with Crippen LogP contribution in [-0.2, 0) is 13.6 Å². The first-order valence-corrected chi connectivity index (χ1v) is 11.4. The van der Waals surface area contributed by atoms with Gasteiger partial charge in [-0.25, -0.2) is 8.78 Å². The smallest absolute Gasteiger partial charge is 0.274 e. The molecule has 3 heterocycles. The minimum absolute atomic E-state index is 0.0704. The van der Waals surface area contributed by atoms with Gasteiger partial charge in [-0.3, -0.25) is 4.79 Å². The Balaban J connectivity index is 1.54. The predicted molar refractivity (Wildman–Crippen MR) is 128 cm³/mol. The summed E-state index contributed by atoms with van der Waals surface area (Å²) in [5.41, 5.74) is 2.87. The van der Waals surface area contributed by atoms with Crippen molar-refractivity contribution in [3.05, 3.63) is 82.4 Å². The lowest BCUT2D eigenvalue weighted by Crippen LogP contribution is -2.39. The Bertz CT molecular complexity index is 1390. The average molecular weight is 465 g/mol. The summed E-state index contributed by atoms with van der Waals surface area (Å²) in [6.45, 7) is 2.68. The van der Waals surface area contributed by atoms with Crippen molar-refractivity contribution >= 4 is 10.9 Å². The molecule has 0 bridgehead atoms. The van der Waals surface area contributed by atoms with Crippen LogP contribution in [0.25, 0.3) is 22.0 Å². The molecule has 0 atom stereocenters. The maximum absolute atomic E-state index is 14.3. The summed E-state index contributed by atoms with van der Waals surface area (Å²) >= 11 is 0. The van der Waals surface area contributed by atoms with Crippen molar-refractivity contribution in [2.75, 3.05) is 13.1 Å². The van der Waals surface area contributed by atoms with Gasteiger partial charge < -0.3 is 24.9 Å². The molecule has 0 radical (unpaired) electrons. The Hall–Kier alpha value is -3.49. The molecular weight excluding hydrogens is 438 g/mol. The number of aryl methyl sites for hydroxylation is 1. The molecular formula is C26H26F2N4O2. The minimum Gasteiger partial charge on any atom is -0.454 e. The second kappa shape index (κ2) is 9.40. The Kier molecular flexibility index (Phi) is 6.17. The fourth-order valence-corrected chi connectivity index (χ4v) is 4.39. The molecule has 2 aromatic carbocycles. The van der Waals surface area contributed by atoms with Gasteiger partial charge in [0.25, 0.3) is 5.56 Å². The topological polar surface area (TPSA) is 71.1 Å². The maximum Gasteiger partial charge on any atom is 0.274 e. The summed E-state index contributed by atoms with van der Waals surface area (Å²) in [6.07, 6.45) is 5.62. The molecule has 8 heteroatoms. The molecule has 1 aliphatic heterocycles. The van der Waals surface area contributed by atoms with Crippen molar-refractivity contribution in [2.45, 2.75) is 25.4 Å². The Morgan fingerprint density at radius 1 is 1.06 bits per heavy atom. The van der Waals surface area contributed by atoms with Crippen LogP contribution in [0.3, 0.4) is 0 Å². The molecule has 176 valence electrons. The van der Waals surface area contributed by atoms with E-state index in [0.717, 1.165) is 54.6 Å². The molecule has 0 saturated carbocycles. The zero-order valence-electron chi connectivity index (χ0n) is 18.8. The van der Waals surface area contributed by atoms with E-state index in [0.29, 0.717) is 29.4 Å². The van der Waals surface area contributed by atoms with Gasteiger partial charge >= 0.3 is 0 Å². The van der Waals surface area contributed by atoms with Gasteiger partial charge in [0.1, 0.15) is 17.1 Å². The summed E-state index contributed by atoms with van der Waals surface area (Å²) < 4.78 is 35.1. The van der Waals surface area contributed by atoms with Gasteiger partial charge in [-0.05, 0) is 61.8 Å². The van der Waals surface area contributed by atoms with Crippen molar-refractivity contribution in [2.24, 2.45) is 7.05 Å². The second-order valence-corrected chi connectivity index (χ2v) is 8.64. The molecule has 1 saturated heterocycles. The number of aromatic nitrogens is 2. The predicted octanol–water partition coefficient (Wildman–Crippen LogP) is 4.45. The number of hydrogen-bond donors (Lipinski definition) is 3. The number of hydrogen-bond acceptors (Lipinski definition) is 4. The molecule has 1 fully saturated rings. The van der Waals surface area contributed by atoms with Gasteiger partial charge in [-0.2, -0.15) is 0 Å². The number of ether oxygens (including phenoxy) is 1. The van der Waals surface area contributed by atoms with Crippen LogP contribution in [0.1, 0.15) is 18.4 Å². The lowest BCUT2D eigenvalue weighted by molar-refractivity contribution is 0.386. The van der Waals surface area contributed by atoms with Crippen molar-refractivity contribution in [1.82, 2.24) is 20.2 Å². The molecule has 1 aliphatic rings. The molecule has 6 nitrogen and oxygen atoms in total. The second-order valence-electron chi connectivity index (χ2n) is 8.64. The largest absolute Gasteiger partial charge is 0.454 e. The number of rotatable bonds is 6. The van der Waals surface area contributed by atoms with Crippen LogP contribution in [-0.4, -0.2) is 28.7 Å². The number of fused-ring (bicyclic) bond motifs is 1. The molecule has 34 heavy (non-hydrogen) atoms. The van der Waals surface area contributed by atoms with Crippen LogP contribution in [0.5, 0.6) is 11.5 Å². The van der Waals surface area contributed by atoms with Crippen LogP contribution in [0.4, 0.5) is 8.78 Å². The van der Waals surface area contributed by atoms with Crippen LogP contribution < -0.4 is 20.9 Å². The normalized spacial score (nSPS) is 14.6. The average Bonchev–Trinajstić information content (AvgIpc) is 3.28. The molecule has 0 amide bonds. The first-order valence-electron chi connectivity index (χ1n) is 11.4. The van der Waals surface area contributed by atoms with Crippen LogP contribution in [0.2, 0.25) is 0 Å². The number of nitrogens with one attached hydrogen (secondary N) is 3. The molecule has 2 aromatic heterocycles. The van der Waals surface area contributed by atoms with E-state index in [1.54, 1.807) is 25.5 Å². The van der Waals surface area contributed by atoms with Gasteiger partial charge in [0, 0.05) is 54.6 Å². The van der Waals surface area contributed by atoms with E-state index in [1.807, 2.05) is 18.2 Å². The fraction of sp³-hybridized carbons (Fsp3) is 0.269. The highest BCUT2D eigenvalue weighted by molar-refractivity contribution is 5.96. The van der Waals surface area contributed by atoms with Gasteiger partial charge in [-0.15, -0.1) is 0 Å². The molecule has 0 spiro atoms. The summed E-state index contributed by atoms with van der Waals surface area (Å²) in [4.78, 5) is 15.6. The number of piperidine rings is 1. The van der Waals surface area contributed by atoms with E-state index in [9.17, 15) is 13.6 Å². The number of halogens is 2. The molecule has 5 rings (SSSR count). The first kappa shape index (κ1) is 22.3. The minimum atomic E-state index is -0.782. The van der Waals surface area contributed by atoms with Crippen molar-refractivity contribution in [3.63, 3.8) is 0 Å². The molecule has 0 aliphatic carbocycles. The first-order chi connectivity index (χ1) is 16.5. The van der Waals surface area contributed by atoms with E-state index < -0.39 is 11.6 Å². The summed E-state index contributed by atoms with van der Waals surface area (Å²) in [5, 5.41) is 7.71. The highest BCUT2D eigenvalue weighted by atomic mass is 19.1. The van der Waals surface area contributed by atoms with E-state index in [1.165, 1.54) is 10.6 Å². The number of aromatic amines is 1. The number of pyridine rings is 1. The maximum atomic E-state index is 14.3. The number of nitrogens with zero attached hydrogens (tertiary/aromatic N) is 1. The van der Waals surface area contributed by atoms with Crippen LogP contribution in [0.15, 0.2) is 59.7 Å². The van der Waals surface area contributed by atoms with Crippen LogP contribution in [0, 0.1) is 11.6 Å². The SMILES string of the molecule is Cn1ccc2c(-c3cc(CNC4CCNCC4)ccc3Oc3ccc(F)cc3F)c[nH]c2c1=O. The van der Waals surface area contributed by atoms with E-state index in [2.05, 4.69) is 15.6 Å². The number of H-pyrrole nitrogens is 1. The summed E-state index contributed by atoms with van der Waals surface area (Å²) in [5.74, 6) is -1.11. The Morgan fingerprint density at radius 2 is 1.85 bits per heavy atom.